The minimum absolute atomic E-state index is 0.106. The molecule has 0 radical (unpaired) electrons. The highest BCUT2D eigenvalue weighted by molar-refractivity contribution is 5.80. The number of nitrogens with zero attached hydrogens (tertiary/aromatic N) is 2. The van der Waals surface area contributed by atoms with E-state index >= 15 is 0 Å². The normalized spacial score (nSPS) is 10.7. The summed E-state index contributed by atoms with van der Waals surface area (Å²) in [5, 5.41) is 10.5. The van der Waals surface area contributed by atoms with Gasteiger partial charge in [0.15, 0.2) is 0 Å². The fraction of sp³-hybridized carbons (Fsp3) is 0.364. The number of unbranched alkanes of at least 4 members (excludes halogenated alkanes) is 1. The van der Waals surface area contributed by atoms with Gasteiger partial charge in [-0.05, 0) is 12.0 Å². The van der Waals surface area contributed by atoms with Crippen LogP contribution in [0.1, 0.15) is 25.3 Å². The van der Waals surface area contributed by atoms with Gasteiger partial charge in [-0.1, -0.05) is 25.5 Å². The van der Waals surface area contributed by atoms with E-state index in [0.717, 1.165) is 24.9 Å². The van der Waals surface area contributed by atoms with Crippen molar-refractivity contribution in [3.05, 3.63) is 39.9 Å². The van der Waals surface area contributed by atoms with E-state index in [4.69, 9.17) is 0 Å². The van der Waals surface area contributed by atoms with E-state index in [1.807, 2.05) is 6.07 Å². The smallest absolute Gasteiger partial charge is 0.270 e. The van der Waals surface area contributed by atoms with Crippen LogP contribution in [0, 0.1) is 10.1 Å². The number of hydrogen-bond donors (Lipinski definition) is 0. The summed E-state index contributed by atoms with van der Waals surface area (Å²) in [7, 11) is 0. The Morgan fingerprint density at radius 2 is 2.33 bits per heavy atom. The molecule has 0 aliphatic heterocycles. The zero-order valence-electron chi connectivity index (χ0n) is 8.72. The molecule has 0 spiro atoms. The molecule has 0 bridgehead atoms. The van der Waals surface area contributed by atoms with E-state index in [-0.39, 0.29) is 5.69 Å². The topological polar surface area (TPSA) is 55.5 Å². The van der Waals surface area contributed by atoms with E-state index < -0.39 is 4.92 Å². The van der Waals surface area contributed by atoms with E-state index in [1.165, 1.54) is 12.1 Å². The van der Waals surface area contributed by atoms with Crippen molar-refractivity contribution in [1.29, 1.82) is 0 Å². The molecule has 0 N–H and O–H groups in total. The summed E-state index contributed by atoms with van der Waals surface area (Å²) < 4.78 is 0. The monoisotopic (exact) mass is 206 g/mol. The van der Waals surface area contributed by atoms with E-state index in [2.05, 4.69) is 11.9 Å². The van der Waals surface area contributed by atoms with Gasteiger partial charge in [-0.2, -0.15) is 0 Å². The van der Waals surface area contributed by atoms with E-state index in [0.29, 0.717) is 0 Å². The van der Waals surface area contributed by atoms with Crippen LogP contribution in [0.3, 0.4) is 0 Å². The number of hydrogen-bond acceptors (Lipinski definition) is 3. The lowest BCUT2D eigenvalue weighted by atomic mass is 10.2. The fourth-order valence-corrected chi connectivity index (χ4v) is 1.14. The Morgan fingerprint density at radius 1 is 1.53 bits per heavy atom. The second kappa shape index (κ2) is 5.90. The number of non-ortho nitro benzene ring substituents is 1. The van der Waals surface area contributed by atoms with Gasteiger partial charge in [-0.15, -0.1) is 0 Å². The van der Waals surface area contributed by atoms with Crippen LogP contribution in [0.2, 0.25) is 0 Å². The van der Waals surface area contributed by atoms with Gasteiger partial charge in [0.1, 0.15) is 0 Å². The number of rotatable bonds is 5. The molecule has 0 aliphatic rings. The highest BCUT2D eigenvalue weighted by Gasteiger charge is 2.03. The van der Waals surface area contributed by atoms with Gasteiger partial charge in [0, 0.05) is 24.9 Å². The number of nitro benzene ring substituents is 1. The molecule has 1 aromatic rings. The lowest BCUT2D eigenvalue weighted by Gasteiger charge is -1.94. The molecular formula is C11H14N2O2. The maximum Gasteiger partial charge on any atom is 0.270 e. The van der Waals surface area contributed by atoms with Crippen LogP contribution in [0.4, 0.5) is 5.69 Å². The Balaban J connectivity index is 2.65. The molecule has 0 atom stereocenters. The number of aliphatic imine (C=N–C) groups is 1. The van der Waals surface area contributed by atoms with Crippen LogP contribution in [-0.4, -0.2) is 17.7 Å². The highest BCUT2D eigenvalue weighted by atomic mass is 16.6. The molecular weight excluding hydrogens is 192 g/mol. The van der Waals surface area contributed by atoms with Gasteiger partial charge < -0.3 is 0 Å². The summed E-state index contributed by atoms with van der Waals surface area (Å²) in [5.41, 5.74) is 0.884. The second-order valence-electron chi connectivity index (χ2n) is 3.24. The first-order valence-electron chi connectivity index (χ1n) is 4.98. The summed E-state index contributed by atoms with van der Waals surface area (Å²) in [4.78, 5) is 14.3. The van der Waals surface area contributed by atoms with Gasteiger partial charge in [0.25, 0.3) is 5.69 Å². The molecule has 0 fully saturated rings. The van der Waals surface area contributed by atoms with Crippen molar-refractivity contribution in [2.24, 2.45) is 4.99 Å². The SMILES string of the molecule is CCCC/N=C/c1cccc([N+](=O)[O-])c1. The second-order valence-corrected chi connectivity index (χ2v) is 3.24. The molecule has 15 heavy (non-hydrogen) atoms. The van der Waals surface area contributed by atoms with Crippen molar-refractivity contribution in [1.82, 2.24) is 0 Å². The van der Waals surface area contributed by atoms with Gasteiger partial charge in [-0.3, -0.25) is 15.1 Å². The van der Waals surface area contributed by atoms with Crippen LogP contribution in [0.5, 0.6) is 0 Å². The predicted octanol–water partition coefficient (Wildman–Crippen LogP) is 2.81. The number of nitro groups is 1. The molecule has 0 heterocycles. The summed E-state index contributed by atoms with van der Waals surface area (Å²) in [5.74, 6) is 0. The Hall–Kier alpha value is -1.71. The van der Waals surface area contributed by atoms with Gasteiger partial charge in [0.2, 0.25) is 0 Å². The maximum atomic E-state index is 10.5. The zero-order chi connectivity index (χ0) is 11.1. The molecule has 0 aliphatic carbocycles. The third kappa shape index (κ3) is 3.89. The molecule has 0 amide bonds. The summed E-state index contributed by atoms with van der Waals surface area (Å²) in [6, 6.07) is 6.47. The molecule has 1 aromatic carbocycles. The lowest BCUT2D eigenvalue weighted by molar-refractivity contribution is -0.384. The third-order valence-electron chi connectivity index (χ3n) is 1.96. The Bertz CT molecular complexity index is 361. The van der Waals surface area contributed by atoms with Crippen molar-refractivity contribution < 1.29 is 4.92 Å². The van der Waals surface area contributed by atoms with Crippen molar-refractivity contribution in [2.75, 3.05) is 6.54 Å². The molecule has 0 saturated carbocycles. The molecule has 0 unspecified atom stereocenters. The first-order valence-corrected chi connectivity index (χ1v) is 4.98. The van der Waals surface area contributed by atoms with Crippen molar-refractivity contribution in [3.63, 3.8) is 0 Å². The Kier molecular flexibility index (Phi) is 4.47. The zero-order valence-corrected chi connectivity index (χ0v) is 8.72. The van der Waals surface area contributed by atoms with Crippen LogP contribution < -0.4 is 0 Å². The van der Waals surface area contributed by atoms with E-state index in [9.17, 15) is 10.1 Å². The predicted molar refractivity (Wildman–Crippen MR) is 60.5 cm³/mol. The van der Waals surface area contributed by atoms with Crippen molar-refractivity contribution >= 4 is 11.9 Å². The molecule has 1 rings (SSSR count). The average molecular weight is 206 g/mol. The summed E-state index contributed by atoms with van der Waals surface area (Å²) in [6.45, 7) is 2.88. The van der Waals surface area contributed by atoms with Crippen LogP contribution >= 0.6 is 0 Å². The largest absolute Gasteiger partial charge is 0.293 e. The van der Waals surface area contributed by atoms with Crippen molar-refractivity contribution in [3.8, 4) is 0 Å². The third-order valence-corrected chi connectivity index (χ3v) is 1.96. The summed E-state index contributed by atoms with van der Waals surface area (Å²) >= 11 is 0. The summed E-state index contributed by atoms with van der Waals surface area (Å²) in [6.07, 6.45) is 3.83. The molecule has 4 nitrogen and oxygen atoms in total. The molecule has 0 saturated heterocycles. The lowest BCUT2D eigenvalue weighted by Crippen LogP contribution is -1.90. The van der Waals surface area contributed by atoms with Gasteiger partial charge in [-0.25, -0.2) is 0 Å². The molecule has 0 aromatic heterocycles. The van der Waals surface area contributed by atoms with E-state index in [1.54, 1.807) is 12.3 Å². The maximum absolute atomic E-state index is 10.5. The van der Waals surface area contributed by atoms with Gasteiger partial charge in [0.05, 0.1) is 4.92 Å². The van der Waals surface area contributed by atoms with Crippen LogP contribution in [-0.2, 0) is 0 Å². The number of benzene rings is 1. The van der Waals surface area contributed by atoms with Crippen LogP contribution in [0.25, 0.3) is 0 Å². The van der Waals surface area contributed by atoms with Crippen LogP contribution in [0.15, 0.2) is 29.3 Å². The first-order chi connectivity index (χ1) is 7.24. The molecule has 4 heteroatoms. The van der Waals surface area contributed by atoms with Gasteiger partial charge >= 0.3 is 0 Å². The highest BCUT2D eigenvalue weighted by Crippen LogP contribution is 2.11. The Morgan fingerprint density at radius 3 is 3.00 bits per heavy atom. The first kappa shape index (κ1) is 11.4. The van der Waals surface area contributed by atoms with Crippen molar-refractivity contribution in [2.45, 2.75) is 19.8 Å². The molecule has 80 valence electrons. The fourth-order valence-electron chi connectivity index (χ4n) is 1.14. The minimum Gasteiger partial charge on any atom is -0.293 e. The quantitative estimate of drug-likeness (QED) is 0.322. The standard InChI is InChI=1S/C11H14N2O2/c1-2-3-7-12-9-10-5-4-6-11(8-10)13(14)15/h4-6,8-9H,2-3,7H2,1H3/b12-9+. The Labute approximate surface area is 88.8 Å². The minimum atomic E-state index is -0.399. The average Bonchev–Trinajstić information content (AvgIpc) is 2.25.